The second-order valence-electron chi connectivity index (χ2n) is 10.9. The summed E-state index contributed by atoms with van der Waals surface area (Å²) in [5, 5.41) is 2.50. The van der Waals surface area contributed by atoms with Crippen molar-refractivity contribution in [1.82, 2.24) is 5.32 Å². The number of alkyl halides is 2. The zero-order valence-electron chi connectivity index (χ0n) is 18.5. The number of ether oxygens (including phenoxy) is 1. The lowest BCUT2D eigenvalue weighted by Gasteiger charge is -2.67. The Morgan fingerprint density at radius 2 is 1.97 bits per heavy atom. The van der Waals surface area contributed by atoms with Crippen LogP contribution in [0, 0.1) is 22.7 Å². The first-order chi connectivity index (χ1) is 14.4. The Bertz CT molecular complexity index is 1010. The summed E-state index contributed by atoms with van der Waals surface area (Å²) in [6.07, 6.45) is 3.55. The van der Waals surface area contributed by atoms with Crippen molar-refractivity contribution in [2.45, 2.75) is 76.3 Å². The highest BCUT2D eigenvalue weighted by atomic mass is 35.5. The van der Waals surface area contributed by atoms with E-state index >= 15 is 0 Å². The van der Waals surface area contributed by atoms with Crippen molar-refractivity contribution in [3.8, 4) is 5.75 Å². The number of carbonyl (C=O) groups is 2. The molecular formula is C24H30Cl2N2O3. The van der Waals surface area contributed by atoms with E-state index in [1.807, 2.05) is 0 Å². The third-order valence-electron chi connectivity index (χ3n) is 9.15. The van der Waals surface area contributed by atoms with Crippen molar-refractivity contribution < 1.29 is 14.3 Å². The van der Waals surface area contributed by atoms with Gasteiger partial charge in [0.1, 0.15) is 11.4 Å². The third-order valence-corrected chi connectivity index (χ3v) is 10.5. The lowest BCUT2D eigenvalue weighted by Crippen LogP contribution is -2.71. The predicted molar refractivity (Wildman–Crippen MR) is 121 cm³/mol. The number of primary amides is 1. The molecule has 5 rings (SSSR count). The fraction of sp³-hybridized carbons (Fsp3) is 0.667. The Morgan fingerprint density at radius 1 is 1.26 bits per heavy atom. The van der Waals surface area contributed by atoms with E-state index in [1.54, 1.807) is 6.07 Å². The minimum atomic E-state index is -0.583. The van der Waals surface area contributed by atoms with E-state index < -0.39 is 11.5 Å². The lowest BCUT2D eigenvalue weighted by molar-refractivity contribution is -0.208. The normalized spacial score (nSPS) is 40.0. The number of nitrogens with one attached hydrogen (secondary N) is 1. The maximum atomic E-state index is 12.5. The fourth-order valence-corrected chi connectivity index (χ4v) is 8.03. The van der Waals surface area contributed by atoms with Crippen molar-refractivity contribution in [3.63, 3.8) is 0 Å². The van der Waals surface area contributed by atoms with Crippen molar-refractivity contribution in [2.24, 2.45) is 28.4 Å². The molecule has 2 unspecified atom stereocenters. The molecule has 0 saturated heterocycles. The second kappa shape index (κ2) is 6.54. The summed E-state index contributed by atoms with van der Waals surface area (Å²) in [7, 11) is 0. The van der Waals surface area contributed by atoms with E-state index in [1.165, 1.54) is 0 Å². The van der Waals surface area contributed by atoms with Crippen LogP contribution >= 0.6 is 23.2 Å². The molecule has 0 aromatic heterocycles. The number of rotatable bonds is 1. The van der Waals surface area contributed by atoms with E-state index in [0.29, 0.717) is 24.4 Å². The zero-order valence-corrected chi connectivity index (χ0v) is 20.0. The quantitative estimate of drug-likeness (QED) is 0.604. The average molecular weight is 465 g/mol. The Kier molecular flexibility index (Phi) is 4.51. The van der Waals surface area contributed by atoms with Crippen molar-refractivity contribution >= 4 is 35.0 Å². The van der Waals surface area contributed by atoms with Crippen LogP contribution in [0.15, 0.2) is 6.07 Å². The summed E-state index contributed by atoms with van der Waals surface area (Å²) in [6, 6.07) is 1.78. The maximum absolute atomic E-state index is 12.5. The number of fused-ring (bicyclic) bond motifs is 3. The van der Waals surface area contributed by atoms with Crippen molar-refractivity contribution in [3.05, 3.63) is 28.3 Å². The number of nitrogens with two attached hydrogens (primary N) is 1. The molecule has 0 radical (unpaired) electrons. The Morgan fingerprint density at radius 3 is 2.65 bits per heavy atom. The van der Waals surface area contributed by atoms with Crippen LogP contribution in [0.4, 0.5) is 0 Å². The minimum Gasteiger partial charge on any atom is -0.486 e. The van der Waals surface area contributed by atoms with Crippen LogP contribution in [0.1, 0.15) is 78.8 Å². The number of carbonyl (C=O) groups excluding carboxylic acids is 2. The number of halogens is 2. The Balaban J connectivity index is 1.75. The highest BCUT2D eigenvalue weighted by Gasteiger charge is 2.69. The largest absolute Gasteiger partial charge is 0.486 e. The van der Waals surface area contributed by atoms with Crippen LogP contribution in [0.25, 0.3) is 0 Å². The topological polar surface area (TPSA) is 81.4 Å². The molecule has 2 aliphatic carbocycles. The van der Waals surface area contributed by atoms with Gasteiger partial charge in [-0.25, -0.2) is 0 Å². The van der Waals surface area contributed by atoms with Gasteiger partial charge in [-0.2, -0.15) is 0 Å². The first-order valence-corrected chi connectivity index (χ1v) is 12.0. The highest BCUT2D eigenvalue weighted by molar-refractivity contribution is 6.30. The average Bonchev–Trinajstić information content (AvgIpc) is 3.07. The summed E-state index contributed by atoms with van der Waals surface area (Å²) >= 11 is 13.8. The number of benzene rings is 1. The Labute approximate surface area is 193 Å². The summed E-state index contributed by atoms with van der Waals surface area (Å²) in [6.45, 7) is 9.38. The van der Waals surface area contributed by atoms with E-state index in [-0.39, 0.29) is 39.0 Å². The van der Waals surface area contributed by atoms with Gasteiger partial charge in [-0.05, 0) is 42.2 Å². The van der Waals surface area contributed by atoms with E-state index in [4.69, 9.17) is 33.7 Å². The lowest BCUT2D eigenvalue weighted by atomic mass is 9.44. The van der Waals surface area contributed by atoms with Gasteiger partial charge in [-0.15, -0.1) is 23.2 Å². The van der Waals surface area contributed by atoms with E-state index in [0.717, 1.165) is 36.1 Å². The Hall–Kier alpha value is -1.46. The molecule has 1 spiro atoms. The van der Waals surface area contributed by atoms with E-state index in [9.17, 15) is 9.59 Å². The molecule has 31 heavy (non-hydrogen) atoms. The van der Waals surface area contributed by atoms with Gasteiger partial charge in [0, 0.05) is 29.9 Å². The molecule has 3 N–H and O–H groups in total. The van der Waals surface area contributed by atoms with Crippen LogP contribution in [0.2, 0.25) is 0 Å². The highest BCUT2D eigenvalue weighted by Crippen LogP contribution is 2.67. The van der Waals surface area contributed by atoms with Gasteiger partial charge in [0.25, 0.3) is 5.91 Å². The fourth-order valence-electron chi connectivity index (χ4n) is 7.23. The number of hydrogen-bond donors (Lipinski definition) is 2. The molecule has 4 aliphatic rings. The van der Waals surface area contributed by atoms with Crippen LogP contribution in [-0.4, -0.2) is 28.2 Å². The summed E-state index contributed by atoms with van der Waals surface area (Å²) in [4.78, 5) is 24.7. The van der Waals surface area contributed by atoms with Crippen LogP contribution in [-0.2, 0) is 13.0 Å². The zero-order chi connectivity index (χ0) is 22.5. The molecule has 5 nitrogen and oxygen atoms in total. The van der Waals surface area contributed by atoms with Gasteiger partial charge in [0.05, 0.1) is 21.9 Å². The van der Waals surface area contributed by atoms with Crippen molar-refractivity contribution in [2.75, 3.05) is 0 Å². The monoisotopic (exact) mass is 464 g/mol. The van der Waals surface area contributed by atoms with Gasteiger partial charge in [0.2, 0.25) is 5.91 Å². The van der Waals surface area contributed by atoms with Gasteiger partial charge < -0.3 is 15.8 Å². The second-order valence-corrected chi connectivity index (χ2v) is 11.9. The SMILES string of the molecule is C[C@H]1CC[C@H]2C(C)(C)C(Cl)C(Cl)C[C@]23Oc2c(cc(C(N)=O)c4c2CNC4=O)C[C@]13C. The van der Waals surface area contributed by atoms with Gasteiger partial charge >= 0.3 is 0 Å². The summed E-state index contributed by atoms with van der Waals surface area (Å²) < 4.78 is 7.09. The standard InChI is InChI=1S/C24H30Cl2N2O3/c1-11-5-6-16-22(2,3)19(26)15(25)9-24(16)23(11,4)8-12-7-13(20(27)29)17-14(18(12)31-24)10-28-21(17)30/h7,11,15-16,19H,5-6,8-10H2,1-4H3,(H2,27,29)(H,28,30)/t11-,15?,16-,19?,23+,24-/m0/s1. The third kappa shape index (κ3) is 2.56. The molecule has 2 aliphatic heterocycles. The first-order valence-electron chi connectivity index (χ1n) is 11.2. The molecule has 7 heteroatoms. The van der Waals surface area contributed by atoms with Gasteiger partial charge in [-0.1, -0.05) is 27.7 Å². The molecular weight excluding hydrogens is 435 g/mol. The number of amides is 2. The molecule has 1 aromatic rings. The summed E-state index contributed by atoms with van der Waals surface area (Å²) in [5.41, 5.74) is 7.16. The maximum Gasteiger partial charge on any atom is 0.252 e. The van der Waals surface area contributed by atoms with Crippen LogP contribution < -0.4 is 15.8 Å². The molecule has 1 aromatic carbocycles. The molecule has 0 bridgehead atoms. The minimum absolute atomic E-state index is 0.140. The molecule has 2 saturated carbocycles. The predicted octanol–water partition coefficient (Wildman–Crippen LogP) is 4.40. The molecule has 2 fully saturated rings. The molecule has 168 valence electrons. The van der Waals surface area contributed by atoms with Gasteiger partial charge in [0.15, 0.2) is 0 Å². The summed E-state index contributed by atoms with van der Waals surface area (Å²) in [5.74, 6) is 0.537. The van der Waals surface area contributed by atoms with Crippen molar-refractivity contribution in [1.29, 1.82) is 0 Å². The number of hydrogen-bond acceptors (Lipinski definition) is 3. The smallest absolute Gasteiger partial charge is 0.252 e. The van der Waals surface area contributed by atoms with E-state index in [2.05, 4.69) is 33.0 Å². The molecule has 6 atom stereocenters. The molecule has 2 heterocycles. The molecule has 2 amide bonds. The van der Waals surface area contributed by atoms with Crippen LogP contribution in [0.5, 0.6) is 5.75 Å². The van der Waals surface area contributed by atoms with Crippen LogP contribution in [0.3, 0.4) is 0 Å². The van der Waals surface area contributed by atoms with Gasteiger partial charge in [-0.3, -0.25) is 9.59 Å². The first kappa shape index (κ1) is 21.4.